The molecule has 27 heavy (non-hydrogen) atoms. The number of rotatable bonds is 7. The number of hydrogen-bond donors (Lipinski definition) is 2. The first-order chi connectivity index (χ1) is 13.0. The Morgan fingerprint density at radius 2 is 1.89 bits per heavy atom. The van der Waals surface area contributed by atoms with Gasteiger partial charge in [0.15, 0.2) is 0 Å². The fourth-order valence-corrected chi connectivity index (χ4v) is 3.77. The van der Waals surface area contributed by atoms with E-state index in [-0.39, 0.29) is 24.8 Å². The van der Waals surface area contributed by atoms with Crippen molar-refractivity contribution in [3.8, 4) is 10.6 Å². The van der Waals surface area contributed by atoms with Crippen molar-refractivity contribution in [1.29, 1.82) is 0 Å². The summed E-state index contributed by atoms with van der Waals surface area (Å²) >= 11 is 2.78. The van der Waals surface area contributed by atoms with Crippen molar-refractivity contribution in [2.75, 3.05) is 11.9 Å². The Kier molecular flexibility index (Phi) is 6.31. The van der Waals surface area contributed by atoms with Crippen LogP contribution in [0.25, 0.3) is 10.6 Å². The lowest BCUT2D eigenvalue weighted by Crippen LogP contribution is -2.27. The normalized spacial score (nSPS) is 10.8. The van der Waals surface area contributed by atoms with Crippen LogP contribution in [-0.4, -0.2) is 28.6 Å². The van der Waals surface area contributed by atoms with Gasteiger partial charge in [-0.1, -0.05) is 49.4 Å². The molecule has 0 fully saturated rings. The van der Waals surface area contributed by atoms with Gasteiger partial charge in [0, 0.05) is 29.5 Å². The molecule has 0 aliphatic heterocycles. The Hall–Kier alpha value is -2.58. The second-order valence-corrected chi connectivity index (χ2v) is 8.01. The molecule has 6 nitrogen and oxygen atoms in total. The fraction of sp³-hybridized carbons (Fsp3) is 0.263. The van der Waals surface area contributed by atoms with Crippen molar-refractivity contribution < 1.29 is 9.59 Å². The van der Waals surface area contributed by atoms with Gasteiger partial charge in [0.2, 0.25) is 11.0 Å². The molecule has 3 aromatic rings. The first-order valence-electron chi connectivity index (χ1n) is 8.57. The van der Waals surface area contributed by atoms with Gasteiger partial charge in [-0.05, 0) is 22.9 Å². The summed E-state index contributed by atoms with van der Waals surface area (Å²) in [6, 6.07) is 9.94. The Morgan fingerprint density at radius 3 is 2.56 bits per heavy atom. The summed E-state index contributed by atoms with van der Waals surface area (Å²) in [5.41, 5.74) is 2.85. The van der Waals surface area contributed by atoms with Crippen molar-refractivity contribution in [2.24, 2.45) is 0 Å². The van der Waals surface area contributed by atoms with Crippen LogP contribution in [0.15, 0.2) is 41.1 Å². The minimum absolute atomic E-state index is 0.174. The SMILES string of the molecule is CC(C)c1ccc(-c2nnc(NC(=O)CCNC(=O)c3ccsc3)s2)cc1. The Balaban J connectivity index is 1.49. The molecular weight excluding hydrogens is 380 g/mol. The van der Waals surface area contributed by atoms with Crippen LogP contribution in [0, 0.1) is 0 Å². The highest BCUT2D eigenvalue weighted by atomic mass is 32.1. The second kappa shape index (κ2) is 8.88. The van der Waals surface area contributed by atoms with Gasteiger partial charge in [-0.15, -0.1) is 10.2 Å². The number of nitrogens with zero attached hydrogens (tertiary/aromatic N) is 2. The van der Waals surface area contributed by atoms with Crippen molar-refractivity contribution in [1.82, 2.24) is 15.5 Å². The standard InChI is InChI=1S/C19H20N4O2S2/c1-12(2)13-3-5-14(6-4-13)18-22-23-19(27-18)21-16(24)7-9-20-17(25)15-8-10-26-11-15/h3-6,8,10-12H,7,9H2,1-2H3,(H,20,25)(H,21,23,24). The van der Waals surface area contributed by atoms with Crippen LogP contribution in [0.4, 0.5) is 5.13 Å². The van der Waals surface area contributed by atoms with Gasteiger partial charge in [-0.3, -0.25) is 9.59 Å². The summed E-state index contributed by atoms with van der Waals surface area (Å²) in [5, 5.41) is 18.4. The predicted molar refractivity (Wildman–Crippen MR) is 109 cm³/mol. The highest BCUT2D eigenvalue weighted by molar-refractivity contribution is 7.18. The molecule has 0 saturated carbocycles. The van der Waals surface area contributed by atoms with Gasteiger partial charge in [-0.2, -0.15) is 11.3 Å². The van der Waals surface area contributed by atoms with E-state index >= 15 is 0 Å². The van der Waals surface area contributed by atoms with E-state index in [9.17, 15) is 9.59 Å². The molecule has 0 atom stereocenters. The van der Waals surface area contributed by atoms with Crippen molar-refractivity contribution in [3.05, 3.63) is 52.2 Å². The predicted octanol–water partition coefficient (Wildman–Crippen LogP) is 4.15. The summed E-state index contributed by atoms with van der Waals surface area (Å²) < 4.78 is 0. The minimum Gasteiger partial charge on any atom is -0.351 e. The zero-order valence-corrected chi connectivity index (χ0v) is 16.7. The smallest absolute Gasteiger partial charge is 0.252 e. The number of benzene rings is 1. The summed E-state index contributed by atoms with van der Waals surface area (Å²) in [7, 11) is 0. The van der Waals surface area contributed by atoms with Crippen LogP contribution >= 0.6 is 22.7 Å². The van der Waals surface area contributed by atoms with Crippen LogP contribution in [0.2, 0.25) is 0 Å². The third-order valence-electron chi connectivity index (χ3n) is 3.92. The molecular formula is C19H20N4O2S2. The van der Waals surface area contributed by atoms with E-state index in [4.69, 9.17) is 0 Å². The maximum absolute atomic E-state index is 12.0. The zero-order chi connectivity index (χ0) is 19.2. The largest absolute Gasteiger partial charge is 0.351 e. The van der Waals surface area contributed by atoms with Crippen molar-refractivity contribution >= 4 is 39.6 Å². The van der Waals surface area contributed by atoms with Crippen LogP contribution < -0.4 is 10.6 Å². The molecule has 0 spiro atoms. The van der Waals surface area contributed by atoms with Crippen LogP contribution in [-0.2, 0) is 4.79 Å². The number of nitrogens with one attached hydrogen (secondary N) is 2. The number of carbonyl (C=O) groups is 2. The molecule has 3 rings (SSSR count). The first-order valence-corrected chi connectivity index (χ1v) is 10.3. The summed E-state index contributed by atoms with van der Waals surface area (Å²) in [4.78, 5) is 23.8. The Bertz CT molecular complexity index is 902. The molecule has 0 aliphatic carbocycles. The number of anilines is 1. The number of amides is 2. The van der Waals surface area contributed by atoms with Gasteiger partial charge in [-0.25, -0.2) is 0 Å². The Morgan fingerprint density at radius 1 is 1.11 bits per heavy atom. The Labute approximate surface area is 165 Å². The molecule has 2 N–H and O–H groups in total. The van der Waals surface area contributed by atoms with E-state index in [0.29, 0.717) is 16.6 Å². The van der Waals surface area contributed by atoms with Crippen LogP contribution in [0.5, 0.6) is 0 Å². The average molecular weight is 401 g/mol. The van der Waals surface area contributed by atoms with E-state index in [0.717, 1.165) is 10.6 Å². The number of aromatic nitrogens is 2. The number of hydrogen-bond acceptors (Lipinski definition) is 6. The highest BCUT2D eigenvalue weighted by Crippen LogP contribution is 2.27. The molecule has 0 bridgehead atoms. The van der Waals surface area contributed by atoms with Gasteiger partial charge >= 0.3 is 0 Å². The summed E-state index contributed by atoms with van der Waals surface area (Å²) in [5.74, 6) is 0.0918. The maximum Gasteiger partial charge on any atom is 0.252 e. The number of thiophene rings is 1. The average Bonchev–Trinajstić information content (AvgIpc) is 3.34. The van der Waals surface area contributed by atoms with E-state index in [1.54, 1.807) is 11.4 Å². The monoisotopic (exact) mass is 400 g/mol. The van der Waals surface area contributed by atoms with Gasteiger partial charge in [0.1, 0.15) is 5.01 Å². The lowest BCUT2D eigenvalue weighted by molar-refractivity contribution is -0.116. The lowest BCUT2D eigenvalue weighted by Gasteiger charge is -2.05. The number of carbonyl (C=O) groups excluding carboxylic acids is 2. The van der Waals surface area contributed by atoms with E-state index < -0.39 is 0 Å². The quantitative estimate of drug-likeness (QED) is 0.624. The third kappa shape index (κ3) is 5.21. The van der Waals surface area contributed by atoms with Crippen LogP contribution in [0.3, 0.4) is 0 Å². The molecule has 140 valence electrons. The van der Waals surface area contributed by atoms with E-state index in [1.165, 1.54) is 28.2 Å². The molecule has 8 heteroatoms. The zero-order valence-electron chi connectivity index (χ0n) is 15.1. The van der Waals surface area contributed by atoms with Gasteiger partial charge < -0.3 is 10.6 Å². The molecule has 0 aliphatic rings. The fourth-order valence-electron chi connectivity index (χ4n) is 2.37. The second-order valence-electron chi connectivity index (χ2n) is 6.26. The first kappa shape index (κ1) is 19.2. The lowest BCUT2D eigenvalue weighted by atomic mass is 10.0. The topological polar surface area (TPSA) is 84.0 Å². The maximum atomic E-state index is 12.0. The molecule has 0 radical (unpaired) electrons. The van der Waals surface area contributed by atoms with E-state index in [2.05, 4.69) is 46.8 Å². The molecule has 2 amide bonds. The van der Waals surface area contributed by atoms with Gasteiger partial charge in [0.25, 0.3) is 5.91 Å². The van der Waals surface area contributed by atoms with Crippen LogP contribution in [0.1, 0.15) is 42.1 Å². The molecule has 2 heterocycles. The minimum atomic E-state index is -0.210. The summed E-state index contributed by atoms with van der Waals surface area (Å²) in [6.07, 6.45) is 0.174. The molecule has 1 aromatic carbocycles. The molecule has 0 saturated heterocycles. The molecule has 2 aromatic heterocycles. The van der Waals surface area contributed by atoms with E-state index in [1.807, 2.05) is 17.5 Å². The third-order valence-corrected chi connectivity index (χ3v) is 5.49. The van der Waals surface area contributed by atoms with Crippen molar-refractivity contribution in [3.63, 3.8) is 0 Å². The highest BCUT2D eigenvalue weighted by Gasteiger charge is 2.11. The van der Waals surface area contributed by atoms with Gasteiger partial charge in [0.05, 0.1) is 0 Å². The summed E-state index contributed by atoms with van der Waals surface area (Å²) in [6.45, 7) is 4.57. The van der Waals surface area contributed by atoms with Crippen molar-refractivity contribution in [2.45, 2.75) is 26.2 Å². The molecule has 0 unspecified atom stereocenters.